The highest BCUT2D eigenvalue weighted by Gasteiger charge is 2.32. The van der Waals surface area contributed by atoms with Crippen molar-refractivity contribution >= 4 is 15.7 Å². The standard InChI is InChI=1S/C11H16F2N2O3S/c1-18-10-5-2-4-9(8-10)15(7-3-6-14)19(16,17)11(12)13/h2,4-5,8,11H,3,6-7,14H2,1H3. The molecule has 0 heterocycles. The number of rotatable bonds is 7. The Morgan fingerprint density at radius 2 is 2.11 bits per heavy atom. The molecule has 0 aliphatic rings. The molecule has 0 aliphatic heterocycles. The van der Waals surface area contributed by atoms with Crippen LogP contribution in [0.3, 0.4) is 0 Å². The average Bonchev–Trinajstić information content (AvgIpc) is 2.39. The molecule has 0 radical (unpaired) electrons. The highest BCUT2D eigenvalue weighted by Crippen LogP contribution is 2.26. The van der Waals surface area contributed by atoms with Crippen LogP contribution < -0.4 is 14.8 Å². The van der Waals surface area contributed by atoms with Crippen molar-refractivity contribution in [2.75, 3.05) is 24.5 Å². The molecule has 0 fully saturated rings. The second kappa shape index (κ2) is 6.67. The van der Waals surface area contributed by atoms with Gasteiger partial charge in [-0.3, -0.25) is 4.31 Å². The van der Waals surface area contributed by atoms with Gasteiger partial charge in [0.05, 0.1) is 12.8 Å². The van der Waals surface area contributed by atoms with Crippen molar-refractivity contribution in [1.82, 2.24) is 0 Å². The first-order valence-corrected chi connectivity index (χ1v) is 7.07. The van der Waals surface area contributed by atoms with Gasteiger partial charge >= 0.3 is 5.76 Å². The number of methoxy groups -OCH3 is 1. The lowest BCUT2D eigenvalue weighted by molar-refractivity contribution is 0.234. The predicted molar refractivity (Wildman–Crippen MR) is 68.9 cm³/mol. The van der Waals surface area contributed by atoms with E-state index in [-0.39, 0.29) is 25.2 Å². The van der Waals surface area contributed by atoms with Gasteiger partial charge in [-0.2, -0.15) is 8.78 Å². The van der Waals surface area contributed by atoms with Gasteiger partial charge in [-0.1, -0.05) is 6.07 Å². The number of nitrogens with two attached hydrogens (primary N) is 1. The molecule has 0 spiro atoms. The van der Waals surface area contributed by atoms with Crippen LogP contribution in [0.25, 0.3) is 0 Å². The number of hydrogen-bond acceptors (Lipinski definition) is 4. The van der Waals surface area contributed by atoms with E-state index in [2.05, 4.69) is 0 Å². The SMILES string of the molecule is COc1cccc(N(CCCN)S(=O)(=O)C(F)F)c1. The van der Waals surface area contributed by atoms with Crippen LogP contribution in [0.1, 0.15) is 6.42 Å². The largest absolute Gasteiger partial charge is 0.497 e. The van der Waals surface area contributed by atoms with Crippen molar-refractivity contribution in [1.29, 1.82) is 0 Å². The number of ether oxygens (including phenoxy) is 1. The number of halogens is 2. The monoisotopic (exact) mass is 294 g/mol. The minimum absolute atomic E-state index is 0.101. The van der Waals surface area contributed by atoms with Crippen molar-refractivity contribution in [3.8, 4) is 5.75 Å². The molecule has 8 heteroatoms. The van der Waals surface area contributed by atoms with Crippen LogP contribution in [-0.4, -0.2) is 34.4 Å². The van der Waals surface area contributed by atoms with E-state index in [4.69, 9.17) is 10.5 Å². The van der Waals surface area contributed by atoms with E-state index in [1.807, 2.05) is 0 Å². The Kier molecular flexibility index (Phi) is 5.49. The number of alkyl halides is 2. The third kappa shape index (κ3) is 3.77. The maximum absolute atomic E-state index is 12.7. The summed E-state index contributed by atoms with van der Waals surface area (Å²) in [6, 6.07) is 5.94. The summed E-state index contributed by atoms with van der Waals surface area (Å²) < 4.78 is 54.2. The van der Waals surface area contributed by atoms with Crippen LogP contribution >= 0.6 is 0 Å². The number of benzene rings is 1. The van der Waals surface area contributed by atoms with Gasteiger partial charge in [-0.25, -0.2) is 8.42 Å². The summed E-state index contributed by atoms with van der Waals surface area (Å²) in [6.07, 6.45) is 0.281. The zero-order valence-corrected chi connectivity index (χ0v) is 11.2. The van der Waals surface area contributed by atoms with Crippen molar-refractivity contribution in [2.45, 2.75) is 12.2 Å². The lowest BCUT2D eigenvalue weighted by Gasteiger charge is -2.24. The molecule has 0 aromatic heterocycles. The van der Waals surface area contributed by atoms with Crippen LogP contribution in [0.15, 0.2) is 24.3 Å². The third-order valence-electron chi connectivity index (χ3n) is 2.44. The summed E-state index contributed by atoms with van der Waals surface area (Å²) in [7, 11) is -3.29. The number of nitrogens with zero attached hydrogens (tertiary/aromatic N) is 1. The fraction of sp³-hybridized carbons (Fsp3) is 0.455. The van der Waals surface area contributed by atoms with Crippen LogP contribution in [0.5, 0.6) is 5.75 Å². The maximum Gasteiger partial charge on any atom is 0.355 e. The number of hydrogen-bond donors (Lipinski definition) is 1. The summed E-state index contributed by atoms with van der Waals surface area (Å²) in [6.45, 7) is 0.107. The van der Waals surface area contributed by atoms with Gasteiger partial charge in [0.2, 0.25) is 0 Å². The second-order valence-corrected chi connectivity index (χ2v) is 5.55. The smallest absolute Gasteiger partial charge is 0.355 e. The molecule has 0 unspecified atom stereocenters. The number of sulfonamides is 1. The third-order valence-corrected chi connectivity index (χ3v) is 3.90. The molecule has 0 bridgehead atoms. The van der Waals surface area contributed by atoms with E-state index < -0.39 is 15.8 Å². The molecule has 1 aromatic rings. The second-order valence-electron chi connectivity index (χ2n) is 3.72. The first-order chi connectivity index (χ1) is 8.93. The Bertz CT molecular complexity index is 508. The van der Waals surface area contributed by atoms with Gasteiger partial charge in [0.15, 0.2) is 0 Å². The molecule has 0 amide bonds. The molecule has 1 rings (SSSR count). The van der Waals surface area contributed by atoms with Gasteiger partial charge in [0.25, 0.3) is 10.0 Å². The van der Waals surface area contributed by atoms with E-state index in [1.165, 1.54) is 25.3 Å². The van der Waals surface area contributed by atoms with Crippen molar-refractivity contribution < 1.29 is 21.9 Å². The lowest BCUT2D eigenvalue weighted by Crippen LogP contribution is -2.37. The zero-order chi connectivity index (χ0) is 14.5. The van der Waals surface area contributed by atoms with E-state index in [9.17, 15) is 17.2 Å². The lowest BCUT2D eigenvalue weighted by atomic mass is 10.3. The zero-order valence-electron chi connectivity index (χ0n) is 10.4. The Labute approximate surface area is 111 Å². The molecule has 108 valence electrons. The normalized spacial score (nSPS) is 11.6. The van der Waals surface area contributed by atoms with Gasteiger partial charge in [0, 0.05) is 12.6 Å². The van der Waals surface area contributed by atoms with Crippen LogP contribution in [0.2, 0.25) is 0 Å². The molecule has 2 N–H and O–H groups in total. The van der Waals surface area contributed by atoms with Crippen molar-refractivity contribution in [3.05, 3.63) is 24.3 Å². The van der Waals surface area contributed by atoms with Crippen LogP contribution in [0.4, 0.5) is 14.5 Å². The van der Waals surface area contributed by atoms with E-state index in [0.29, 0.717) is 10.1 Å². The first kappa shape index (κ1) is 15.6. The van der Waals surface area contributed by atoms with Crippen LogP contribution in [0, 0.1) is 0 Å². The van der Waals surface area contributed by atoms with Gasteiger partial charge in [-0.05, 0) is 25.1 Å². The molecular formula is C11H16F2N2O3S. The summed E-state index contributed by atoms with van der Waals surface area (Å²) >= 11 is 0. The summed E-state index contributed by atoms with van der Waals surface area (Å²) in [5.41, 5.74) is 5.43. The number of anilines is 1. The highest BCUT2D eigenvalue weighted by molar-refractivity contribution is 7.93. The minimum atomic E-state index is -4.70. The summed E-state index contributed by atoms with van der Waals surface area (Å²) in [5, 5.41) is 0. The van der Waals surface area contributed by atoms with Gasteiger partial charge in [0.1, 0.15) is 5.75 Å². The van der Waals surface area contributed by atoms with E-state index >= 15 is 0 Å². The molecule has 0 aliphatic carbocycles. The molecule has 1 aromatic carbocycles. The van der Waals surface area contributed by atoms with E-state index in [0.717, 1.165) is 0 Å². The molecule has 0 saturated carbocycles. The average molecular weight is 294 g/mol. The van der Waals surface area contributed by atoms with Crippen molar-refractivity contribution in [3.63, 3.8) is 0 Å². The van der Waals surface area contributed by atoms with Crippen LogP contribution in [-0.2, 0) is 10.0 Å². The Morgan fingerprint density at radius 1 is 1.42 bits per heavy atom. The Hall–Kier alpha value is -1.41. The van der Waals surface area contributed by atoms with Crippen molar-refractivity contribution in [2.24, 2.45) is 5.73 Å². The van der Waals surface area contributed by atoms with Gasteiger partial charge in [-0.15, -0.1) is 0 Å². The van der Waals surface area contributed by atoms with E-state index in [1.54, 1.807) is 6.07 Å². The molecular weight excluding hydrogens is 278 g/mol. The van der Waals surface area contributed by atoms with Gasteiger partial charge < -0.3 is 10.5 Å². The summed E-state index contributed by atoms with van der Waals surface area (Å²) in [4.78, 5) is 0. The topological polar surface area (TPSA) is 72.6 Å². The predicted octanol–water partition coefficient (Wildman–Crippen LogP) is 1.40. The fourth-order valence-corrected chi connectivity index (χ4v) is 2.48. The fourth-order valence-electron chi connectivity index (χ4n) is 1.50. The molecule has 5 nitrogen and oxygen atoms in total. The highest BCUT2D eigenvalue weighted by atomic mass is 32.2. The summed E-state index contributed by atoms with van der Waals surface area (Å²) in [5.74, 6) is -3.09. The molecule has 0 atom stereocenters. The minimum Gasteiger partial charge on any atom is -0.497 e. The maximum atomic E-state index is 12.7. The molecule has 0 saturated heterocycles. The Morgan fingerprint density at radius 3 is 2.63 bits per heavy atom. The quantitative estimate of drug-likeness (QED) is 0.825. The first-order valence-electron chi connectivity index (χ1n) is 5.57. The Balaban J connectivity index is 3.16. The molecule has 19 heavy (non-hydrogen) atoms.